The number of halogens is 2. The molecule has 2 aliphatic rings. The lowest BCUT2D eigenvalue weighted by molar-refractivity contribution is -0.114. The van der Waals surface area contributed by atoms with Crippen LogP contribution in [-0.4, -0.2) is 42.4 Å². The summed E-state index contributed by atoms with van der Waals surface area (Å²) in [5.41, 5.74) is 5.08. The quantitative estimate of drug-likeness (QED) is 0.765. The number of amides is 1. The molecule has 2 fully saturated rings. The molecule has 158 valence electrons. The van der Waals surface area contributed by atoms with E-state index in [1.807, 2.05) is 12.1 Å². The van der Waals surface area contributed by atoms with Crippen molar-refractivity contribution in [1.29, 1.82) is 0 Å². The predicted molar refractivity (Wildman–Crippen MR) is 124 cm³/mol. The van der Waals surface area contributed by atoms with Gasteiger partial charge in [-0.3, -0.25) is 14.6 Å². The lowest BCUT2D eigenvalue weighted by atomic mass is 9.88. The average Bonchev–Trinajstić information content (AvgIpc) is 3.13. The molecule has 0 aliphatic carbocycles. The summed E-state index contributed by atoms with van der Waals surface area (Å²) in [6.45, 7) is 8.27. The normalized spacial score (nSPS) is 23.8. The summed E-state index contributed by atoms with van der Waals surface area (Å²) >= 11 is 0. The number of rotatable bonds is 4. The Bertz CT molecular complexity index is 827. The number of carbonyl (C=O) groups is 1. The molecule has 4 nitrogen and oxygen atoms in total. The van der Waals surface area contributed by atoms with Gasteiger partial charge in [0.05, 0.1) is 0 Å². The summed E-state index contributed by atoms with van der Waals surface area (Å²) < 4.78 is 0. The van der Waals surface area contributed by atoms with Crippen LogP contribution in [0, 0.1) is 18.8 Å². The Kier molecular flexibility index (Phi) is 8.12. The van der Waals surface area contributed by atoms with Crippen LogP contribution < -0.4 is 5.32 Å². The van der Waals surface area contributed by atoms with Crippen molar-refractivity contribution in [2.75, 3.05) is 32.0 Å². The first kappa shape index (κ1) is 23.7. The molecule has 2 heterocycles. The van der Waals surface area contributed by atoms with Crippen LogP contribution in [0.25, 0.3) is 0 Å². The summed E-state index contributed by atoms with van der Waals surface area (Å²) in [5.74, 6) is 1.43. The highest BCUT2D eigenvalue weighted by atomic mass is 35.5. The Morgan fingerprint density at radius 1 is 1.03 bits per heavy atom. The van der Waals surface area contributed by atoms with E-state index in [0.717, 1.165) is 24.7 Å². The minimum atomic E-state index is -0.0264. The Balaban J connectivity index is 0.00000150. The van der Waals surface area contributed by atoms with Crippen molar-refractivity contribution in [2.45, 2.75) is 26.4 Å². The molecule has 0 saturated carbocycles. The van der Waals surface area contributed by atoms with Crippen molar-refractivity contribution in [1.82, 2.24) is 9.80 Å². The van der Waals surface area contributed by atoms with E-state index in [1.54, 1.807) is 6.92 Å². The number of hydrogen-bond donors (Lipinski definition) is 1. The second-order valence-electron chi connectivity index (χ2n) is 8.24. The van der Waals surface area contributed by atoms with E-state index in [0.29, 0.717) is 12.0 Å². The molecule has 0 spiro atoms. The highest BCUT2D eigenvalue weighted by Gasteiger charge is 2.46. The number of hydrogen-bond acceptors (Lipinski definition) is 3. The zero-order valence-corrected chi connectivity index (χ0v) is 18.9. The summed E-state index contributed by atoms with van der Waals surface area (Å²) in [6.07, 6.45) is 0. The van der Waals surface area contributed by atoms with Gasteiger partial charge in [-0.2, -0.15) is 0 Å². The first-order chi connectivity index (χ1) is 13.0. The van der Waals surface area contributed by atoms with Crippen LogP contribution in [-0.2, 0) is 11.3 Å². The van der Waals surface area contributed by atoms with Gasteiger partial charge in [-0.15, -0.1) is 24.8 Å². The van der Waals surface area contributed by atoms with Crippen LogP contribution in [0.3, 0.4) is 0 Å². The summed E-state index contributed by atoms with van der Waals surface area (Å²) in [7, 11) is 2.28. The molecule has 0 bridgehead atoms. The maximum atomic E-state index is 11.2. The first-order valence-electron chi connectivity index (χ1n) is 9.86. The number of aryl methyl sites for hydroxylation is 1. The van der Waals surface area contributed by atoms with Crippen molar-refractivity contribution in [3.63, 3.8) is 0 Å². The number of benzene rings is 2. The third-order valence-corrected chi connectivity index (χ3v) is 6.16. The molecule has 2 saturated heterocycles. The van der Waals surface area contributed by atoms with Gasteiger partial charge in [0.2, 0.25) is 5.91 Å². The van der Waals surface area contributed by atoms with Crippen LogP contribution >= 0.6 is 24.8 Å². The third-order valence-electron chi connectivity index (χ3n) is 6.16. The molecule has 3 atom stereocenters. The molecule has 0 aromatic heterocycles. The van der Waals surface area contributed by atoms with Gasteiger partial charge in [-0.1, -0.05) is 36.4 Å². The maximum Gasteiger partial charge on any atom is 0.221 e. The Hall–Kier alpha value is -1.59. The van der Waals surface area contributed by atoms with E-state index >= 15 is 0 Å². The Morgan fingerprint density at radius 2 is 1.72 bits per heavy atom. The molecule has 2 aromatic carbocycles. The molecule has 0 unspecified atom stereocenters. The number of carbonyl (C=O) groups excluding carboxylic acids is 1. The molecule has 0 radical (unpaired) electrons. The zero-order valence-electron chi connectivity index (χ0n) is 17.3. The lowest BCUT2D eigenvalue weighted by Crippen LogP contribution is -2.29. The molecular formula is C23H31Cl2N3O. The van der Waals surface area contributed by atoms with Crippen molar-refractivity contribution in [3.05, 3.63) is 65.2 Å². The maximum absolute atomic E-state index is 11.2. The summed E-state index contributed by atoms with van der Waals surface area (Å²) in [6, 6.07) is 17.6. The van der Waals surface area contributed by atoms with E-state index in [9.17, 15) is 4.79 Å². The average molecular weight is 436 g/mol. The number of nitrogens with one attached hydrogen (secondary N) is 1. The molecule has 6 heteroatoms. The highest BCUT2D eigenvalue weighted by Crippen LogP contribution is 2.45. The van der Waals surface area contributed by atoms with Crippen molar-refractivity contribution >= 4 is 36.4 Å². The van der Waals surface area contributed by atoms with Crippen molar-refractivity contribution < 1.29 is 4.79 Å². The monoisotopic (exact) mass is 435 g/mol. The van der Waals surface area contributed by atoms with Crippen LogP contribution in [0.15, 0.2) is 48.5 Å². The van der Waals surface area contributed by atoms with E-state index in [-0.39, 0.29) is 30.7 Å². The second-order valence-corrected chi connectivity index (χ2v) is 8.24. The fourth-order valence-corrected chi connectivity index (χ4v) is 5.02. The standard InChI is InChI=1S/C23H29N3O.2ClH/c1-16-6-4-5-7-21(16)23-22-15-26(14-19(22)13-25(23)3)12-18-8-10-20(11-9-18)24-17(2)27;;/h4-11,19,22-23H,12-15H2,1-3H3,(H,24,27);2*1H/t19-,22+,23-;;/m0../s1. The van der Waals surface area contributed by atoms with Crippen LogP contribution in [0.4, 0.5) is 5.69 Å². The molecular weight excluding hydrogens is 405 g/mol. The Morgan fingerprint density at radius 3 is 2.38 bits per heavy atom. The van der Waals surface area contributed by atoms with Gasteiger partial charge < -0.3 is 5.32 Å². The highest BCUT2D eigenvalue weighted by molar-refractivity contribution is 5.88. The summed E-state index contributed by atoms with van der Waals surface area (Å²) in [5, 5.41) is 2.83. The second kappa shape index (κ2) is 9.94. The number of fused-ring (bicyclic) bond motifs is 1. The van der Waals surface area contributed by atoms with Gasteiger partial charge in [0, 0.05) is 44.8 Å². The van der Waals surface area contributed by atoms with Crippen LogP contribution in [0.1, 0.15) is 29.7 Å². The van der Waals surface area contributed by atoms with Crippen LogP contribution in [0.2, 0.25) is 0 Å². The van der Waals surface area contributed by atoms with E-state index in [1.165, 1.54) is 29.8 Å². The zero-order chi connectivity index (χ0) is 19.0. The van der Waals surface area contributed by atoms with Gasteiger partial charge in [-0.05, 0) is 54.6 Å². The smallest absolute Gasteiger partial charge is 0.221 e. The van der Waals surface area contributed by atoms with Crippen molar-refractivity contribution in [2.24, 2.45) is 11.8 Å². The number of likely N-dealkylation sites (tertiary alicyclic amines) is 2. The van der Waals surface area contributed by atoms with E-state index < -0.39 is 0 Å². The van der Waals surface area contributed by atoms with Crippen LogP contribution in [0.5, 0.6) is 0 Å². The van der Waals surface area contributed by atoms with E-state index in [4.69, 9.17) is 0 Å². The lowest BCUT2D eigenvalue weighted by Gasteiger charge is -2.28. The van der Waals surface area contributed by atoms with Gasteiger partial charge in [-0.25, -0.2) is 0 Å². The SMILES string of the molecule is CC(=O)Nc1ccc(CN2C[C@@H]3CN(C)[C@@H](c4ccccc4C)[C@@H]3C2)cc1.Cl.Cl. The molecule has 1 N–H and O–H groups in total. The predicted octanol–water partition coefficient (Wildman–Crippen LogP) is 4.53. The fraction of sp³-hybridized carbons (Fsp3) is 0.435. The van der Waals surface area contributed by atoms with Gasteiger partial charge in [0.15, 0.2) is 0 Å². The number of anilines is 1. The van der Waals surface area contributed by atoms with Gasteiger partial charge in [0.25, 0.3) is 0 Å². The molecule has 29 heavy (non-hydrogen) atoms. The largest absolute Gasteiger partial charge is 0.326 e. The molecule has 1 amide bonds. The van der Waals surface area contributed by atoms with Gasteiger partial charge in [0.1, 0.15) is 0 Å². The molecule has 2 aromatic rings. The third kappa shape index (κ3) is 5.13. The minimum Gasteiger partial charge on any atom is -0.326 e. The molecule has 4 rings (SSSR count). The topological polar surface area (TPSA) is 35.6 Å². The first-order valence-corrected chi connectivity index (χ1v) is 9.86. The number of nitrogens with zero attached hydrogens (tertiary/aromatic N) is 2. The fourth-order valence-electron chi connectivity index (χ4n) is 5.02. The van der Waals surface area contributed by atoms with E-state index in [2.05, 4.69) is 65.5 Å². The van der Waals surface area contributed by atoms with Crippen molar-refractivity contribution in [3.8, 4) is 0 Å². The van der Waals surface area contributed by atoms with Gasteiger partial charge >= 0.3 is 0 Å². The summed E-state index contributed by atoms with van der Waals surface area (Å²) in [4.78, 5) is 16.3. The molecule has 2 aliphatic heterocycles. The minimum absolute atomic E-state index is 0. The Labute approximate surface area is 186 Å².